The molecule has 0 aromatic heterocycles. The number of nitrogens with two attached hydrogens (primary N) is 1. The monoisotopic (exact) mass is 302 g/mol. The first-order chi connectivity index (χ1) is 9.08. The van der Waals surface area contributed by atoms with Gasteiger partial charge in [0.25, 0.3) is 0 Å². The maximum absolute atomic E-state index is 13.3. The first kappa shape index (κ1) is 16.3. The molecule has 0 bridgehead atoms. The third-order valence-corrected chi connectivity index (χ3v) is 2.26. The third-order valence-electron chi connectivity index (χ3n) is 2.26. The van der Waals surface area contributed by atoms with Crippen LogP contribution in [0.4, 0.5) is 37.7 Å². The summed E-state index contributed by atoms with van der Waals surface area (Å²) in [4.78, 5) is 0. The van der Waals surface area contributed by atoms with Gasteiger partial charge in [-0.15, -0.1) is 0 Å². The second-order valence-electron chi connectivity index (χ2n) is 4.11. The molecule has 1 atom stereocenters. The van der Waals surface area contributed by atoms with Crippen LogP contribution >= 0.6 is 0 Å². The molecular weight excluding hydrogens is 290 g/mol. The predicted octanol–water partition coefficient (Wildman–Crippen LogP) is 3.76. The Morgan fingerprint density at radius 2 is 1.90 bits per heavy atom. The summed E-state index contributed by atoms with van der Waals surface area (Å²) in [6, 6.07) is 0.423. The molecule has 0 aliphatic rings. The molecule has 1 aromatic rings. The molecule has 1 unspecified atom stereocenters. The Morgan fingerprint density at radius 1 is 1.30 bits per heavy atom. The molecule has 20 heavy (non-hydrogen) atoms. The summed E-state index contributed by atoms with van der Waals surface area (Å²) in [5.41, 5.74) is 5.08. The minimum absolute atomic E-state index is 0.112. The highest BCUT2D eigenvalue weighted by molar-refractivity contribution is 5.68. The number of anilines is 2. The summed E-state index contributed by atoms with van der Waals surface area (Å²) < 4.78 is 77.7. The van der Waals surface area contributed by atoms with Gasteiger partial charge in [0.1, 0.15) is 0 Å². The van der Waals surface area contributed by atoms with Gasteiger partial charge in [-0.3, -0.25) is 0 Å². The average Bonchev–Trinajstić information content (AvgIpc) is 2.21. The second-order valence-corrected chi connectivity index (χ2v) is 4.11. The minimum atomic E-state index is -4.40. The number of alkyl halides is 5. The minimum Gasteiger partial charge on any atom is -0.432 e. The van der Waals surface area contributed by atoms with E-state index in [2.05, 4.69) is 10.1 Å². The summed E-state index contributed by atoms with van der Waals surface area (Å²) >= 11 is 0. The van der Waals surface area contributed by atoms with Crippen molar-refractivity contribution < 1.29 is 31.1 Å². The van der Waals surface area contributed by atoms with Gasteiger partial charge in [-0.25, -0.2) is 4.39 Å². The molecule has 1 aromatic carbocycles. The number of halogens is 6. The van der Waals surface area contributed by atoms with E-state index in [0.29, 0.717) is 6.07 Å². The van der Waals surface area contributed by atoms with Crippen molar-refractivity contribution >= 4 is 11.4 Å². The molecule has 0 fully saturated rings. The van der Waals surface area contributed by atoms with Gasteiger partial charge in [-0.05, 0) is 6.92 Å². The molecule has 9 heteroatoms. The Morgan fingerprint density at radius 3 is 2.40 bits per heavy atom. The van der Waals surface area contributed by atoms with Gasteiger partial charge in [0.2, 0.25) is 0 Å². The van der Waals surface area contributed by atoms with Gasteiger partial charge in [-0.2, -0.15) is 22.0 Å². The zero-order valence-corrected chi connectivity index (χ0v) is 10.3. The van der Waals surface area contributed by atoms with Crippen molar-refractivity contribution in [2.24, 2.45) is 0 Å². The SMILES string of the molecule is CC(CC(F)(F)F)Nc1cc(OC(F)F)c(F)cc1N. The maximum atomic E-state index is 13.3. The van der Waals surface area contributed by atoms with E-state index < -0.39 is 36.8 Å². The average molecular weight is 302 g/mol. The molecule has 0 heterocycles. The number of hydrogen-bond donors (Lipinski definition) is 2. The van der Waals surface area contributed by atoms with E-state index in [1.165, 1.54) is 6.92 Å². The van der Waals surface area contributed by atoms with E-state index >= 15 is 0 Å². The van der Waals surface area contributed by atoms with Crippen molar-refractivity contribution in [1.82, 2.24) is 0 Å². The first-order valence-electron chi connectivity index (χ1n) is 5.45. The van der Waals surface area contributed by atoms with Gasteiger partial charge in [-0.1, -0.05) is 0 Å². The molecule has 114 valence electrons. The lowest BCUT2D eigenvalue weighted by molar-refractivity contribution is -0.136. The van der Waals surface area contributed by atoms with Crippen molar-refractivity contribution in [3.05, 3.63) is 17.9 Å². The van der Waals surface area contributed by atoms with Gasteiger partial charge < -0.3 is 15.8 Å². The third kappa shape index (κ3) is 5.06. The van der Waals surface area contributed by atoms with Gasteiger partial charge in [0, 0.05) is 18.2 Å². The Kier molecular flexibility index (Phi) is 4.96. The van der Waals surface area contributed by atoms with Crippen molar-refractivity contribution in [2.75, 3.05) is 11.1 Å². The molecule has 3 N–H and O–H groups in total. The van der Waals surface area contributed by atoms with E-state index in [-0.39, 0.29) is 11.4 Å². The van der Waals surface area contributed by atoms with Crippen LogP contribution in [0.2, 0.25) is 0 Å². The summed E-state index contributed by atoms with van der Waals surface area (Å²) in [7, 11) is 0. The smallest absolute Gasteiger partial charge is 0.391 e. The highest BCUT2D eigenvalue weighted by Gasteiger charge is 2.30. The lowest BCUT2D eigenvalue weighted by atomic mass is 10.2. The quantitative estimate of drug-likeness (QED) is 0.643. The van der Waals surface area contributed by atoms with Crippen LogP contribution in [0.25, 0.3) is 0 Å². The Labute approximate surface area is 110 Å². The largest absolute Gasteiger partial charge is 0.432 e. The summed E-state index contributed by atoms with van der Waals surface area (Å²) in [6.07, 6.45) is -5.56. The second kappa shape index (κ2) is 6.10. The van der Waals surface area contributed by atoms with Crippen molar-refractivity contribution in [3.63, 3.8) is 0 Å². The topological polar surface area (TPSA) is 47.3 Å². The van der Waals surface area contributed by atoms with Crippen molar-refractivity contribution in [2.45, 2.75) is 32.2 Å². The van der Waals surface area contributed by atoms with Crippen molar-refractivity contribution in [1.29, 1.82) is 0 Å². The zero-order valence-electron chi connectivity index (χ0n) is 10.3. The number of rotatable bonds is 5. The summed E-state index contributed by atoms with van der Waals surface area (Å²) in [6.45, 7) is -2.03. The van der Waals surface area contributed by atoms with Crippen LogP contribution in [0.15, 0.2) is 12.1 Å². The predicted molar refractivity (Wildman–Crippen MR) is 61.2 cm³/mol. The van der Waals surface area contributed by atoms with E-state index in [1.54, 1.807) is 0 Å². The van der Waals surface area contributed by atoms with E-state index in [1.807, 2.05) is 0 Å². The molecular formula is C11H12F6N2O. The molecule has 1 rings (SSSR count). The van der Waals surface area contributed by atoms with E-state index in [4.69, 9.17) is 5.73 Å². The number of benzene rings is 1. The lowest BCUT2D eigenvalue weighted by Gasteiger charge is -2.19. The van der Waals surface area contributed by atoms with Crippen LogP contribution in [-0.4, -0.2) is 18.8 Å². The highest BCUT2D eigenvalue weighted by Crippen LogP contribution is 2.31. The fourth-order valence-corrected chi connectivity index (χ4v) is 1.54. The molecule has 0 saturated heterocycles. The van der Waals surface area contributed by atoms with Crippen LogP contribution in [0, 0.1) is 5.82 Å². The lowest BCUT2D eigenvalue weighted by Crippen LogP contribution is -2.24. The number of nitrogen functional groups attached to an aromatic ring is 1. The van der Waals surface area contributed by atoms with Crippen LogP contribution in [-0.2, 0) is 0 Å². The summed E-state index contributed by atoms with van der Waals surface area (Å²) in [5.74, 6) is -1.92. The zero-order chi connectivity index (χ0) is 15.5. The van der Waals surface area contributed by atoms with Crippen molar-refractivity contribution in [3.8, 4) is 5.75 Å². The number of ether oxygens (including phenoxy) is 1. The standard InChI is InChI=1S/C11H12F6N2O/c1-5(4-11(15,16)17)19-8-3-9(20-10(13)14)6(12)2-7(8)18/h2-3,5,10,19H,4,18H2,1H3. The van der Waals surface area contributed by atoms with Gasteiger partial charge in [0.15, 0.2) is 11.6 Å². The highest BCUT2D eigenvalue weighted by atomic mass is 19.4. The number of nitrogens with one attached hydrogen (secondary N) is 1. The van der Waals surface area contributed by atoms with Gasteiger partial charge in [0.05, 0.1) is 17.8 Å². The number of hydrogen-bond acceptors (Lipinski definition) is 3. The van der Waals surface area contributed by atoms with Gasteiger partial charge >= 0.3 is 12.8 Å². The molecule has 0 saturated carbocycles. The fraction of sp³-hybridized carbons (Fsp3) is 0.455. The Balaban J connectivity index is 2.89. The Hall–Kier alpha value is -1.80. The maximum Gasteiger partial charge on any atom is 0.391 e. The molecule has 0 aliphatic heterocycles. The van der Waals surface area contributed by atoms with Crippen LogP contribution in [0.3, 0.4) is 0 Å². The summed E-state index contributed by atoms with van der Waals surface area (Å²) in [5, 5.41) is 2.37. The molecule has 3 nitrogen and oxygen atoms in total. The van der Waals surface area contributed by atoms with Crippen LogP contribution < -0.4 is 15.8 Å². The van der Waals surface area contributed by atoms with E-state index in [9.17, 15) is 26.3 Å². The molecule has 0 radical (unpaired) electrons. The van der Waals surface area contributed by atoms with E-state index in [0.717, 1.165) is 6.07 Å². The Bertz CT molecular complexity index is 463. The fourth-order valence-electron chi connectivity index (χ4n) is 1.54. The molecule has 0 amide bonds. The molecule has 0 spiro atoms. The first-order valence-corrected chi connectivity index (χ1v) is 5.45. The van der Waals surface area contributed by atoms with Crippen LogP contribution in [0.5, 0.6) is 5.75 Å². The molecule has 0 aliphatic carbocycles. The normalized spacial score (nSPS) is 13.4. The van der Waals surface area contributed by atoms with Crippen LogP contribution in [0.1, 0.15) is 13.3 Å².